The summed E-state index contributed by atoms with van der Waals surface area (Å²) in [7, 11) is 5.20. The van der Waals surface area contributed by atoms with E-state index in [1.54, 1.807) is 26.0 Å². The van der Waals surface area contributed by atoms with Crippen LogP contribution in [0, 0.1) is 0 Å². The predicted octanol–water partition coefficient (Wildman–Crippen LogP) is -0.431. The Hall–Kier alpha value is -1.63. The Morgan fingerprint density at radius 1 is 1.67 bits per heavy atom. The smallest absolute Gasteiger partial charge is 0.292 e. The van der Waals surface area contributed by atoms with E-state index in [1.165, 1.54) is 11.0 Å². The lowest BCUT2D eigenvalue weighted by Gasteiger charge is -2.01. The van der Waals surface area contributed by atoms with Crippen LogP contribution in [0.1, 0.15) is 5.69 Å². The van der Waals surface area contributed by atoms with Crippen molar-refractivity contribution in [1.82, 2.24) is 14.7 Å². The number of nitrogens with two attached hydrogens (primary N) is 1. The Labute approximate surface area is 92.4 Å². The Balaban J connectivity index is 3.26. The molecule has 1 heterocycles. The van der Waals surface area contributed by atoms with Crippen molar-refractivity contribution in [3.63, 3.8) is 0 Å². The molecule has 0 unspecified atom stereocenters. The minimum Gasteiger partial charge on any atom is -0.388 e. The molecule has 0 aliphatic carbocycles. The first kappa shape index (κ1) is 11.4. The molecule has 0 saturated carbocycles. The van der Waals surface area contributed by atoms with E-state index in [2.05, 4.69) is 10.1 Å². The monoisotopic (exact) mass is 227 g/mol. The lowest BCUT2D eigenvalue weighted by atomic mass is 10.4. The summed E-state index contributed by atoms with van der Waals surface area (Å²) < 4.78 is 1.29. The highest BCUT2D eigenvalue weighted by Crippen LogP contribution is 2.10. The normalized spacial score (nSPS) is 10.9. The average molecular weight is 227 g/mol. The number of nitrogens with one attached hydrogen (secondary N) is 1. The van der Waals surface area contributed by atoms with E-state index in [0.29, 0.717) is 5.69 Å². The van der Waals surface area contributed by atoms with Crippen molar-refractivity contribution in [2.45, 2.75) is 0 Å². The van der Waals surface area contributed by atoms with Crippen LogP contribution in [0.3, 0.4) is 0 Å². The van der Waals surface area contributed by atoms with Crippen molar-refractivity contribution in [2.75, 3.05) is 14.1 Å². The highest BCUT2D eigenvalue weighted by atomic mass is 32.1. The zero-order valence-corrected chi connectivity index (χ0v) is 9.63. The Morgan fingerprint density at radius 3 is 2.73 bits per heavy atom. The Bertz CT molecular complexity index is 456. The highest BCUT2D eigenvalue weighted by molar-refractivity contribution is 7.80. The molecule has 7 heteroatoms. The topological polar surface area (TPSA) is 79.4 Å². The van der Waals surface area contributed by atoms with Crippen LogP contribution in [0.2, 0.25) is 0 Å². The van der Waals surface area contributed by atoms with Gasteiger partial charge < -0.3 is 10.6 Å². The molecule has 1 rings (SSSR count). The summed E-state index contributed by atoms with van der Waals surface area (Å²) in [6.45, 7) is 0. The minimum absolute atomic E-state index is 0.124. The zero-order valence-electron chi connectivity index (χ0n) is 8.81. The van der Waals surface area contributed by atoms with Crippen molar-refractivity contribution in [2.24, 2.45) is 17.8 Å². The van der Waals surface area contributed by atoms with E-state index in [1.807, 2.05) is 0 Å². The predicted molar refractivity (Wildman–Crippen MR) is 63.8 cm³/mol. The molecule has 82 valence electrons. The first-order valence-corrected chi connectivity index (χ1v) is 4.63. The molecule has 0 spiro atoms. The molecular weight excluding hydrogens is 214 g/mol. The molecule has 1 aromatic rings. The molecule has 1 aromatic heterocycles. The summed E-state index contributed by atoms with van der Waals surface area (Å²) >= 11 is 4.81. The van der Waals surface area contributed by atoms with Gasteiger partial charge >= 0.3 is 0 Å². The number of thiocarbonyl (C=S) groups is 1. The van der Waals surface area contributed by atoms with Gasteiger partial charge in [-0.05, 0) is 0 Å². The van der Waals surface area contributed by atoms with Gasteiger partial charge in [-0.25, -0.2) is 4.99 Å². The molecule has 0 radical (unpaired) electrons. The van der Waals surface area contributed by atoms with Gasteiger partial charge in [0.05, 0.1) is 6.34 Å². The first-order chi connectivity index (χ1) is 6.93. The number of hydrogen-bond acceptors (Lipinski definition) is 3. The number of aliphatic imine (C=N–C) groups is 1. The van der Waals surface area contributed by atoms with Crippen LogP contribution in [0.15, 0.2) is 9.79 Å². The number of aromatic nitrogens is 2. The molecular formula is C8H13N5OS. The van der Waals surface area contributed by atoms with Crippen LogP contribution in [-0.4, -0.2) is 40.1 Å². The Kier molecular flexibility index (Phi) is 3.25. The fourth-order valence-electron chi connectivity index (χ4n) is 1.00. The fourth-order valence-corrected chi connectivity index (χ4v) is 1.14. The molecule has 0 fully saturated rings. The molecule has 0 saturated heterocycles. The number of H-pyrrole nitrogens is 1. The molecule has 0 aliphatic rings. The van der Waals surface area contributed by atoms with Gasteiger partial charge in [0.25, 0.3) is 5.56 Å². The summed E-state index contributed by atoms with van der Waals surface area (Å²) in [5.74, 6) is 0. The van der Waals surface area contributed by atoms with Crippen molar-refractivity contribution in [3.8, 4) is 0 Å². The summed E-state index contributed by atoms with van der Waals surface area (Å²) in [6, 6.07) is 0. The van der Waals surface area contributed by atoms with E-state index in [9.17, 15) is 4.79 Å². The third-order valence-electron chi connectivity index (χ3n) is 1.69. The van der Waals surface area contributed by atoms with Gasteiger partial charge in [0.15, 0.2) is 5.69 Å². The van der Waals surface area contributed by atoms with E-state index >= 15 is 0 Å². The molecule has 6 nitrogen and oxygen atoms in total. The molecule has 0 atom stereocenters. The van der Waals surface area contributed by atoms with Crippen molar-refractivity contribution < 1.29 is 0 Å². The average Bonchev–Trinajstić information content (AvgIpc) is 2.41. The van der Waals surface area contributed by atoms with Crippen LogP contribution in [-0.2, 0) is 7.05 Å². The van der Waals surface area contributed by atoms with E-state index < -0.39 is 0 Å². The third kappa shape index (κ3) is 2.44. The maximum Gasteiger partial charge on any atom is 0.292 e. The van der Waals surface area contributed by atoms with Gasteiger partial charge in [-0.15, -0.1) is 0 Å². The van der Waals surface area contributed by atoms with Crippen molar-refractivity contribution in [3.05, 3.63) is 16.0 Å². The third-order valence-corrected chi connectivity index (χ3v) is 1.89. The number of aryl methyl sites for hydroxylation is 1. The van der Waals surface area contributed by atoms with Crippen LogP contribution in [0.4, 0.5) is 5.69 Å². The summed E-state index contributed by atoms with van der Waals surface area (Å²) in [4.78, 5) is 17.4. The molecule has 15 heavy (non-hydrogen) atoms. The van der Waals surface area contributed by atoms with Crippen LogP contribution in [0.25, 0.3) is 0 Å². The second-order valence-corrected chi connectivity index (χ2v) is 3.71. The SMILES string of the molecule is CN(C)C=Nc1c(C(N)=S)[nH]n(C)c1=O. The van der Waals surface area contributed by atoms with Crippen molar-refractivity contribution >= 4 is 29.2 Å². The maximum absolute atomic E-state index is 11.6. The highest BCUT2D eigenvalue weighted by Gasteiger charge is 2.12. The second-order valence-electron chi connectivity index (χ2n) is 3.27. The molecule has 0 aliphatic heterocycles. The summed E-state index contributed by atoms with van der Waals surface area (Å²) in [5, 5.41) is 2.74. The van der Waals surface area contributed by atoms with Gasteiger partial charge in [0, 0.05) is 21.1 Å². The lowest BCUT2D eigenvalue weighted by Crippen LogP contribution is -2.12. The van der Waals surface area contributed by atoms with E-state index in [-0.39, 0.29) is 16.2 Å². The van der Waals surface area contributed by atoms with Gasteiger partial charge in [0.2, 0.25) is 0 Å². The maximum atomic E-state index is 11.6. The summed E-state index contributed by atoms with van der Waals surface area (Å²) in [6.07, 6.45) is 1.52. The van der Waals surface area contributed by atoms with Crippen LogP contribution < -0.4 is 11.3 Å². The minimum atomic E-state index is -0.254. The number of rotatable bonds is 3. The van der Waals surface area contributed by atoms with Crippen molar-refractivity contribution in [1.29, 1.82) is 0 Å². The molecule has 3 N–H and O–H groups in total. The number of aromatic amines is 1. The lowest BCUT2D eigenvalue weighted by molar-refractivity contribution is 0.643. The van der Waals surface area contributed by atoms with Gasteiger partial charge in [-0.1, -0.05) is 12.2 Å². The fraction of sp³-hybridized carbons (Fsp3) is 0.375. The first-order valence-electron chi connectivity index (χ1n) is 4.23. The summed E-state index contributed by atoms with van der Waals surface area (Å²) in [5.41, 5.74) is 5.83. The van der Waals surface area contributed by atoms with Gasteiger partial charge in [-0.2, -0.15) is 0 Å². The molecule has 0 bridgehead atoms. The molecule has 0 aromatic carbocycles. The quantitative estimate of drug-likeness (QED) is 0.417. The Morgan fingerprint density at radius 2 is 2.27 bits per heavy atom. The van der Waals surface area contributed by atoms with Gasteiger partial charge in [-0.3, -0.25) is 14.6 Å². The van der Waals surface area contributed by atoms with Crippen LogP contribution in [0.5, 0.6) is 0 Å². The van der Waals surface area contributed by atoms with E-state index in [0.717, 1.165) is 0 Å². The standard InChI is InChI=1S/C8H13N5OS/c1-12(2)4-10-6-5(7(9)15)11-13(3)8(6)14/h4,11H,1-3H3,(H2,9,15). The zero-order chi connectivity index (χ0) is 11.6. The van der Waals surface area contributed by atoms with Crippen LogP contribution >= 0.6 is 12.2 Å². The number of nitrogens with zero attached hydrogens (tertiary/aromatic N) is 3. The van der Waals surface area contributed by atoms with Gasteiger partial charge in [0.1, 0.15) is 10.7 Å². The largest absolute Gasteiger partial charge is 0.388 e. The molecule has 0 amide bonds. The second kappa shape index (κ2) is 4.26. The van der Waals surface area contributed by atoms with E-state index in [4.69, 9.17) is 18.0 Å². The number of hydrogen-bond donors (Lipinski definition) is 2.